The maximum Gasteiger partial charge on any atom is 0.313 e. The van der Waals surface area contributed by atoms with Gasteiger partial charge in [0.2, 0.25) is 0 Å². The van der Waals surface area contributed by atoms with Crippen molar-refractivity contribution >= 4 is 17.7 Å². The highest BCUT2D eigenvalue weighted by Gasteiger charge is 2.36. The monoisotopic (exact) mass is 297 g/mol. The zero-order chi connectivity index (χ0) is 14.8. The van der Waals surface area contributed by atoms with Crippen LogP contribution < -0.4 is 0 Å². The molecule has 1 unspecified atom stereocenters. The molecule has 0 radical (unpaired) electrons. The Morgan fingerprint density at radius 1 is 1.45 bits per heavy atom. The molecular formula is C14H23N3O2S. The van der Waals surface area contributed by atoms with E-state index in [1.54, 1.807) is 0 Å². The van der Waals surface area contributed by atoms with E-state index in [-0.39, 0.29) is 11.2 Å². The number of hydrogen-bond donors (Lipinski definition) is 1. The first-order valence-electron chi connectivity index (χ1n) is 7.23. The van der Waals surface area contributed by atoms with Crippen LogP contribution in [0.15, 0.2) is 5.16 Å². The van der Waals surface area contributed by atoms with Gasteiger partial charge in [0, 0.05) is 12.5 Å². The van der Waals surface area contributed by atoms with E-state index in [2.05, 4.69) is 35.5 Å². The highest BCUT2D eigenvalue weighted by molar-refractivity contribution is 7.99. The molecule has 0 aromatic carbocycles. The molecule has 1 aliphatic rings. The molecule has 0 bridgehead atoms. The molecule has 0 aliphatic heterocycles. The third-order valence-corrected chi connectivity index (χ3v) is 5.16. The number of hydrogen-bond acceptors (Lipinski definition) is 4. The van der Waals surface area contributed by atoms with E-state index in [0.717, 1.165) is 23.9 Å². The van der Waals surface area contributed by atoms with E-state index >= 15 is 0 Å². The Kier molecular flexibility index (Phi) is 4.73. The number of nitrogens with zero attached hydrogens (tertiary/aromatic N) is 3. The summed E-state index contributed by atoms with van der Waals surface area (Å²) < 4.78 is 2.09. The van der Waals surface area contributed by atoms with Crippen LogP contribution in [0.5, 0.6) is 0 Å². The van der Waals surface area contributed by atoms with Gasteiger partial charge in [0.25, 0.3) is 0 Å². The quantitative estimate of drug-likeness (QED) is 0.846. The summed E-state index contributed by atoms with van der Waals surface area (Å²) in [5.74, 6) is 0.666. The number of rotatable bonds is 5. The van der Waals surface area contributed by atoms with Crippen molar-refractivity contribution in [3.05, 3.63) is 5.82 Å². The van der Waals surface area contributed by atoms with Crippen molar-refractivity contribution in [2.45, 2.75) is 64.1 Å². The molecule has 1 aromatic rings. The molecule has 1 saturated carbocycles. The van der Waals surface area contributed by atoms with E-state index in [1.807, 2.05) is 0 Å². The maximum atomic E-state index is 10.7. The molecule has 0 saturated heterocycles. The Balaban J connectivity index is 2.25. The van der Waals surface area contributed by atoms with Gasteiger partial charge in [-0.1, -0.05) is 38.5 Å². The molecule has 5 nitrogen and oxygen atoms in total. The number of aromatic nitrogens is 3. The molecule has 0 spiro atoms. The van der Waals surface area contributed by atoms with Crippen molar-refractivity contribution in [3.8, 4) is 0 Å². The van der Waals surface area contributed by atoms with Crippen LogP contribution in [0.3, 0.4) is 0 Å². The van der Waals surface area contributed by atoms with Crippen LogP contribution >= 0.6 is 11.8 Å². The van der Waals surface area contributed by atoms with Gasteiger partial charge in [-0.2, -0.15) is 0 Å². The number of aliphatic carboxylic acids is 1. The highest BCUT2D eigenvalue weighted by atomic mass is 32.2. The summed E-state index contributed by atoms with van der Waals surface area (Å²) in [6.07, 6.45) is 4.88. The van der Waals surface area contributed by atoms with Crippen LogP contribution in [0.25, 0.3) is 0 Å². The van der Waals surface area contributed by atoms with Crippen molar-refractivity contribution in [1.29, 1.82) is 0 Å². The van der Waals surface area contributed by atoms with Gasteiger partial charge in [-0.15, -0.1) is 10.2 Å². The fourth-order valence-corrected chi connectivity index (χ4v) is 3.79. The maximum absolute atomic E-state index is 10.7. The van der Waals surface area contributed by atoms with Crippen molar-refractivity contribution in [2.75, 3.05) is 5.75 Å². The summed E-state index contributed by atoms with van der Waals surface area (Å²) in [4.78, 5) is 10.7. The van der Waals surface area contributed by atoms with Crippen LogP contribution in [0.1, 0.15) is 58.2 Å². The molecule has 0 amide bonds. The van der Waals surface area contributed by atoms with Crippen LogP contribution in [0, 0.1) is 5.41 Å². The standard InChI is InChI=1S/C14H23N3O2S/c1-4-17-12(10-7-5-6-8-14(10,2)3)15-16-13(17)20-9-11(18)19/h10H,4-9H2,1-3H3,(H,18,19). The summed E-state index contributed by atoms with van der Waals surface area (Å²) in [7, 11) is 0. The minimum Gasteiger partial charge on any atom is -0.481 e. The van der Waals surface area contributed by atoms with Crippen LogP contribution in [0.2, 0.25) is 0 Å². The molecule has 1 aromatic heterocycles. The highest BCUT2D eigenvalue weighted by Crippen LogP contribution is 2.46. The van der Waals surface area contributed by atoms with Gasteiger partial charge in [-0.25, -0.2) is 0 Å². The zero-order valence-electron chi connectivity index (χ0n) is 12.4. The molecule has 112 valence electrons. The Morgan fingerprint density at radius 3 is 2.80 bits per heavy atom. The van der Waals surface area contributed by atoms with Gasteiger partial charge in [0.15, 0.2) is 5.16 Å². The van der Waals surface area contributed by atoms with Crippen molar-refractivity contribution in [2.24, 2.45) is 5.41 Å². The fraction of sp³-hybridized carbons (Fsp3) is 0.786. The number of thioether (sulfide) groups is 1. The second-order valence-corrected chi connectivity index (χ2v) is 7.00. The Morgan fingerprint density at radius 2 is 2.20 bits per heavy atom. The average Bonchev–Trinajstić information content (AvgIpc) is 2.78. The molecule has 6 heteroatoms. The van der Waals surface area contributed by atoms with E-state index in [0.29, 0.717) is 5.92 Å². The predicted molar refractivity (Wildman–Crippen MR) is 79.0 cm³/mol. The Bertz CT molecular complexity index is 485. The van der Waals surface area contributed by atoms with Gasteiger partial charge in [-0.05, 0) is 25.2 Å². The van der Waals surface area contributed by atoms with E-state index in [9.17, 15) is 4.79 Å². The third-order valence-electron chi connectivity index (χ3n) is 4.21. The first kappa shape index (κ1) is 15.4. The number of carboxylic acid groups (broad SMARTS) is 1. The molecule has 1 aliphatic carbocycles. The van der Waals surface area contributed by atoms with Gasteiger partial charge in [-0.3, -0.25) is 4.79 Å². The van der Waals surface area contributed by atoms with Crippen LogP contribution in [-0.2, 0) is 11.3 Å². The van der Waals surface area contributed by atoms with E-state index in [1.165, 1.54) is 31.0 Å². The second-order valence-electron chi connectivity index (χ2n) is 6.05. The number of carboxylic acids is 1. The Labute approximate surface area is 124 Å². The lowest BCUT2D eigenvalue weighted by atomic mass is 9.68. The lowest BCUT2D eigenvalue weighted by molar-refractivity contribution is -0.133. The van der Waals surface area contributed by atoms with Crippen molar-refractivity contribution in [3.63, 3.8) is 0 Å². The topological polar surface area (TPSA) is 68.0 Å². The molecule has 1 fully saturated rings. The fourth-order valence-electron chi connectivity index (χ4n) is 3.06. The van der Waals surface area contributed by atoms with Gasteiger partial charge in [0.05, 0.1) is 5.75 Å². The third kappa shape index (κ3) is 3.16. The summed E-state index contributed by atoms with van der Waals surface area (Å²) in [6.45, 7) is 7.45. The molecule has 1 atom stereocenters. The second kappa shape index (κ2) is 6.16. The van der Waals surface area contributed by atoms with E-state index < -0.39 is 5.97 Å². The minimum atomic E-state index is -0.819. The molecule has 1 N–H and O–H groups in total. The van der Waals surface area contributed by atoms with Crippen molar-refractivity contribution in [1.82, 2.24) is 14.8 Å². The van der Waals surface area contributed by atoms with Crippen LogP contribution in [0.4, 0.5) is 0 Å². The van der Waals surface area contributed by atoms with Gasteiger partial charge >= 0.3 is 5.97 Å². The van der Waals surface area contributed by atoms with Gasteiger partial charge in [0.1, 0.15) is 5.82 Å². The summed E-state index contributed by atoms with van der Waals surface area (Å²) in [5.41, 5.74) is 0.243. The first-order chi connectivity index (χ1) is 9.45. The smallest absolute Gasteiger partial charge is 0.313 e. The van der Waals surface area contributed by atoms with Crippen LogP contribution in [-0.4, -0.2) is 31.6 Å². The summed E-state index contributed by atoms with van der Waals surface area (Å²) >= 11 is 1.25. The van der Waals surface area contributed by atoms with E-state index in [4.69, 9.17) is 5.11 Å². The lowest BCUT2D eigenvalue weighted by Crippen LogP contribution is -2.28. The molecule has 2 rings (SSSR count). The van der Waals surface area contributed by atoms with Gasteiger partial charge < -0.3 is 9.67 Å². The minimum absolute atomic E-state index is 0.0339. The largest absolute Gasteiger partial charge is 0.481 e. The molecular weight excluding hydrogens is 274 g/mol. The molecule has 20 heavy (non-hydrogen) atoms. The normalized spacial score (nSPS) is 21.9. The predicted octanol–water partition coefficient (Wildman–Crippen LogP) is 3.16. The lowest BCUT2D eigenvalue weighted by Gasteiger charge is -2.38. The Hall–Kier alpha value is -1.04. The summed E-state index contributed by atoms with van der Waals surface area (Å²) in [5, 5.41) is 18.1. The van der Waals surface area contributed by atoms with Crippen molar-refractivity contribution < 1.29 is 9.90 Å². The number of carbonyl (C=O) groups is 1. The molecule has 1 heterocycles. The zero-order valence-corrected chi connectivity index (χ0v) is 13.2. The first-order valence-corrected chi connectivity index (χ1v) is 8.22. The summed E-state index contributed by atoms with van der Waals surface area (Å²) in [6, 6.07) is 0. The average molecular weight is 297 g/mol. The SMILES string of the molecule is CCn1c(SCC(=O)O)nnc1C1CCCCC1(C)C.